The molecule has 3 N–H and O–H groups in total. The molecule has 59 heavy (non-hydrogen) atoms. The molecule has 1 saturated heterocycles. The molecule has 18 heteroatoms. The Labute approximate surface area is 336 Å². The summed E-state index contributed by atoms with van der Waals surface area (Å²) in [7, 11) is -2.39. The van der Waals surface area contributed by atoms with Crippen molar-refractivity contribution in [2.75, 3.05) is 5.32 Å². The molecule has 2 fully saturated rings. The Bertz CT molecular complexity index is 2970. The van der Waals surface area contributed by atoms with E-state index in [1.807, 2.05) is 38.1 Å². The molecule has 2 amide bonds. The highest BCUT2D eigenvalue weighted by Gasteiger charge is 2.34. The van der Waals surface area contributed by atoms with Crippen molar-refractivity contribution in [3.8, 4) is 17.0 Å². The quantitative estimate of drug-likeness (QED) is 0.142. The molecular formula is C41H39FN10O6S. The van der Waals surface area contributed by atoms with E-state index in [1.165, 1.54) is 38.2 Å². The number of fused-ring (bicyclic) bond motifs is 2. The second-order valence-corrected chi connectivity index (χ2v) is 17.3. The van der Waals surface area contributed by atoms with E-state index in [0.29, 0.717) is 40.5 Å². The van der Waals surface area contributed by atoms with Gasteiger partial charge in [-0.2, -0.15) is 14.6 Å². The summed E-state index contributed by atoms with van der Waals surface area (Å²) >= 11 is 0. The molecule has 5 heterocycles. The molecule has 0 bridgehead atoms. The number of hydrogen-bond donors (Lipinski definition) is 3. The lowest BCUT2D eigenvalue weighted by Crippen LogP contribution is -2.44. The zero-order valence-corrected chi connectivity index (χ0v) is 33.0. The lowest BCUT2D eigenvalue weighted by Gasteiger charge is -2.36. The third-order valence-electron chi connectivity index (χ3n) is 11.0. The van der Waals surface area contributed by atoms with Gasteiger partial charge in [0.1, 0.15) is 23.9 Å². The van der Waals surface area contributed by atoms with Crippen LogP contribution in [0.5, 0.6) is 5.75 Å². The Morgan fingerprint density at radius 1 is 1.02 bits per heavy atom. The molecule has 1 saturated carbocycles. The van der Waals surface area contributed by atoms with E-state index in [1.54, 1.807) is 31.6 Å². The number of aryl methyl sites for hydroxylation is 1. The monoisotopic (exact) mass is 818 g/mol. The van der Waals surface area contributed by atoms with E-state index in [4.69, 9.17) is 4.74 Å². The lowest BCUT2D eigenvalue weighted by molar-refractivity contribution is -0.135. The van der Waals surface area contributed by atoms with Crippen LogP contribution in [0, 0.1) is 11.7 Å². The number of benzene rings is 3. The van der Waals surface area contributed by atoms with Gasteiger partial charge in [-0.05, 0) is 105 Å². The largest absolute Gasteiger partial charge is 0.485 e. The Morgan fingerprint density at radius 3 is 2.58 bits per heavy atom. The van der Waals surface area contributed by atoms with Crippen LogP contribution >= 0.6 is 0 Å². The van der Waals surface area contributed by atoms with Crippen molar-refractivity contribution >= 4 is 50.0 Å². The Hall–Kier alpha value is -6.69. The molecule has 1 atom stereocenters. The van der Waals surface area contributed by atoms with Crippen LogP contribution in [0.1, 0.15) is 62.6 Å². The van der Waals surface area contributed by atoms with Crippen LogP contribution in [0.2, 0.25) is 0 Å². The van der Waals surface area contributed by atoms with Gasteiger partial charge in [0.25, 0.3) is 0 Å². The van der Waals surface area contributed by atoms with Crippen LogP contribution in [0.3, 0.4) is 0 Å². The SMILES string of the molecule is CC(C)Oc1c(-c2cn[nH]c2)ncn2nc(Nc3ccc(S(=O)(=O)c4cccc(CC5CC(c6ccc7c(c6)n(C)c(=O)n7C6CCC(=O)NC6=O)C5)c4)cc3F)nc12. The molecule has 16 nitrogen and oxygen atoms in total. The summed E-state index contributed by atoms with van der Waals surface area (Å²) in [6, 6.07) is 15.5. The maximum absolute atomic E-state index is 15.6. The van der Waals surface area contributed by atoms with Gasteiger partial charge in [0.15, 0.2) is 5.75 Å². The Kier molecular flexibility index (Phi) is 9.37. The predicted octanol–water partition coefficient (Wildman–Crippen LogP) is 5.38. The fourth-order valence-corrected chi connectivity index (χ4v) is 9.39. The van der Waals surface area contributed by atoms with E-state index in [2.05, 4.69) is 35.9 Å². The number of imidazole rings is 1. The Morgan fingerprint density at radius 2 is 1.83 bits per heavy atom. The van der Waals surface area contributed by atoms with Crippen molar-refractivity contribution < 1.29 is 27.1 Å². The van der Waals surface area contributed by atoms with E-state index in [9.17, 15) is 22.8 Å². The molecule has 1 aliphatic carbocycles. The number of anilines is 2. The number of hydrogen-bond acceptors (Lipinski definition) is 11. The second kappa shape index (κ2) is 14.6. The zero-order chi connectivity index (χ0) is 41.2. The van der Waals surface area contributed by atoms with Gasteiger partial charge in [-0.15, -0.1) is 5.10 Å². The first-order chi connectivity index (χ1) is 28.3. The van der Waals surface area contributed by atoms with Crippen molar-refractivity contribution in [1.82, 2.24) is 44.2 Å². The summed E-state index contributed by atoms with van der Waals surface area (Å²) in [6.07, 6.45) is 7.40. The van der Waals surface area contributed by atoms with E-state index in [0.717, 1.165) is 35.6 Å². The molecule has 1 aliphatic heterocycles. The van der Waals surface area contributed by atoms with Crippen molar-refractivity contribution in [3.63, 3.8) is 0 Å². The van der Waals surface area contributed by atoms with Crippen LogP contribution in [0.15, 0.2) is 94.0 Å². The minimum absolute atomic E-state index is 0.0178. The zero-order valence-electron chi connectivity index (χ0n) is 32.2. The molecule has 7 aromatic rings. The molecule has 0 radical (unpaired) electrons. The summed E-state index contributed by atoms with van der Waals surface area (Å²) in [4.78, 5) is 46.3. The molecule has 2 aliphatic rings. The topological polar surface area (TPSA) is 200 Å². The molecule has 302 valence electrons. The number of aromatic nitrogens is 8. The van der Waals surface area contributed by atoms with Gasteiger partial charge in [-0.1, -0.05) is 18.2 Å². The van der Waals surface area contributed by atoms with Crippen LogP contribution in [-0.4, -0.2) is 65.2 Å². The summed E-state index contributed by atoms with van der Waals surface area (Å²) in [5, 5.41) is 16.3. The van der Waals surface area contributed by atoms with Gasteiger partial charge in [-0.25, -0.2) is 22.6 Å². The number of halogens is 1. The maximum atomic E-state index is 15.6. The highest BCUT2D eigenvalue weighted by molar-refractivity contribution is 7.91. The lowest BCUT2D eigenvalue weighted by atomic mass is 9.69. The normalized spacial score (nSPS) is 18.4. The number of carbonyl (C=O) groups excluding carboxylic acids is 2. The predicted molar refractivity (Wildman–Crippen MR) is 213 cm³/mol. The minimum Gasteiger partial charge on any atom is -0.485 e. The summed E-state index contributed by atoms with van der Waals surface area (Å²) in [5.41, 5.74) is 4.51. The highest BCUT2D eigenvalue weighted by atomic mass is 32.2. The third kappa shape index (κ3) is 6.92. The van der Waals surface area contributed by atoms with Gasteiger partial charge in [0.2, 0.25) is 33.2 Å². The first kappa shape index (κ1) is 37.9. The Balaban J connectivity index is 0.875. The standard InChI is InChI=1S/C41H39FN10O6S/c1-22(2)58-37-36(27-19-44-45-20-27)43-21-51-38(37)48-40(49-51)46-31-9-8-29(18-30(31)42)59(56,57)28-6-4-5-23(16-28)13-24-14-26(15-24)25-7-10-32-34(17-25)50(3)41(55)52(32)33-11-12-35(53)47-39(33)54/h4-10,16-22,24,26,33H,11-15H2,1-3H3,(H,44,45)(H,46,49)(H,47,53,54). The van der Waals surface area contributed by atoms with Gasteiger partial charge in [0.05, 0.1) is 38.8 Å². The summed E-state index contributed by atoms with van der Waals surface area (Å²) < 4.78 is 53.6. The number of nitrogens with zero attached hydrogens (tertiary/aromatic N) is 7. The smallest absolute Gasteiger partial charge is 0.329 e. The van der Waals surface area contributed by atoms with Gasteiger partial charge in [-0.3, -0.25) is 29.1 Å². The summed E-state index contributed by atoms with van der Waals surface area (Å²) in [5.74, 6) is -0.621. The van der Waals surface area contributed by atoms with Crippen LogP contribution in [-0.2, 0) is 32.9 Å². The third-order valence-corrected chi connectivity index (χ3v) is 12.8. The van der Waals surface area contributed by atoms with Gasteiger partial charge in [0, 0.05) is 25.2 Å². The number of sulfone groups is 1. The fraction of sp³-hybridized carbons (Fsp3) is 0.293. The van der Waals surface area contributed by atoms with E-state index >= 15 is 4.39 Å². The number of carbonyl (C=O) groups is 2. The average molecular weight is 819 g/mol. The van der Waals surface area contributed by atoms with Crippen molar-refractivity contribution in [2.24, 2.45) is 13.0 Å². The highest BCUT2D eigenvalue weighted by Crippen LogP contribution is 2.44. The van der Waals surface area contributed by atoms with Crippen molar-refractivity contribution in [2.45, 2.75) is 73.8 Å². The number of piperidine rings is 1. The number of nitrogens with one attached hydrogen (secondary N) is 3. The first-order valence-corrected chi connectivity index (χ1v) is 20.7. The second-order valence-electron chi connectivity index (χ2n) is 15.4. The fourth-order valence-electron chi connectivity index (χ4n) is 8.05. The van der Waals surface area contributed by atoms with E-state index in [-0.39, 0.29) is 57.9 Å². The van der Waals surface area contributed by atoms with Crippen molar-refractivity contribution in [1.29, 1.82) is 0 Å². The maximum Gasteiger partial charge on any atom is 0.329 e. The summed E-state index contributed by atoms with van der Waals surface area (Å²) in [6.45, 7) is 3.74. The molecule has 4 aromatic heterocycles. The molecular weight excluding hydrogens is 780 g/mol. The van der Waals surface area contributed by atoms with Crippen LogP contribution in [0.25, 0.3) is 27.9 Å². The molecule has 9 rings (SSSR count). The minimum atomic E-state index is -4.06. The van der Waals surface area contributed by atoms with Gasteiger partial charge >= 0.3 is 5.69 Å². The van der Waals surface area contributed by atoms with Crippen LogP contribution < -0.4 is 21.1 Å². The molecule has 3 aromatic carbocycles. The molecule has 0 spiro atoms. The van der Waals surface area contributed by atoms with Crippen LogP contribution in [0.4, 0.5) is 16.0 Å². The number of aromatic amines is 1. The average Bonchev–Trinajstić information content (AvgIpc) is 3.93. The van der Waals surface area contributed by atoms with E-state index < -0.39 is 27.6 Å². The van der Waals surface area contributed by atoms with Crippen molar-refractivity contribution in [3.05, 3.63) is 107 Å². The number of ether oxygens (including phenoxy) is 1. The number of rotatable bonds is 11. The molecule has 1 unspecified atom stereocenters. The number of imide groups is 1. The van der Waals surface area contributed by atoms with Gasteiger partial charge < -0.3 is 10.1 Å². The number of amides is 2. The first-order valence-electron chi connectivity index (χ1n) is 19.2. The number of H-pyrrole nitrogens is 1.